The van der Waals surface area contributed by atoms with Gasteiger partial charge in [-0.2, -0.15) is 13.2 Å². The van der Waals surface area contributed by atoms with Gasteiger partial charge in [-0.1, -0.05) is 6.07 Å². The number of hydrogen-bond donors (Lipinski definition) is 2. The zero-order chi connectivity index (χ0) is 19.0. The molecule has 1 amide bonds. The van der Waals surface area contributed by atoms with Crippen LogP contribution in [0.1, 0.15) is 35.3 Å². The molecule has 2 aliphatic heterocycles. The molecule has 0 radical (unpaired) electrons. The smallest absolute Gasteiger partial charge is 0.433 e. The number of amides is 1. The van der Waals surface area contributed by atoms with Crippen molar-refractivity contribution in [3.8, 4) is 11.6 Å². The molecule has 1 aromatic heterocycles. The lowest BCUT2D eigenvalue weighted by Crippen LogP contribution is -2.42. The molecule has 0 saturated carbocycles. The summed E-state index contributed by atoms with van der Waals surface area (Å²) in [6, 6.07) is 10.7. The van der Waals surface area contributed by atoms with Gasteiger partial charge in [0.05, 0.1) is 0 Å². The average molecular weight is 377 g/mol. The molecule has 2 bridgehead atoms. The number of halogens is 3. The quantitative estimate of drug-likeness (QED) is 0.856. The number of nitrogens with one attached hydrogen (secondary N) is 2. The lowest BCUT2D eigenvalue weighted by molar-refractivity contribution is -0.141. The maximum absolute atomic E-state index is 12.7. The molecule has 2 aromatic rings. The molecular formula is C19H18F3N3O2. The van der Waals surface area contributed by atoms with E-state index in [1.807, 2.05) is 0 Å². The van der Waals surface area contributed by atoms with E-state index in [1.54, 1.807) is 12.1 Å². The number of aromatic nitrogens is 1. The van der Waals surface area contributed by atoms with Crippen molar-refractivity contribution in [3.05, 3.63) is 53.7 Å². The topological polar surface area (TPSA) is 63.2 Å². The zero-order valence-corrected chi connectivity index (χ0v) is 14.3. The third-order valence-corrected chi connectivity index (χ3v) is 4.97. The number of ether oxygens (including phenoxy) is 1. The molecule has 4 rings (SSSR count). The van der Waals surface area contributed by atoms with Gasteiger partial charge in [-0.05, 0) is 49.6 Å². The number of alkyl halides is 3. The highest BCUT2D eigenvalue weighted by atomic mass is 19.4. The highest BCUT2D eigenvalue weighted by Gasteiger charge is 2.39. The van der Waals surface area contributed by atoms with Gasteiger partial charge in [0, 0.05) is 29.8 Å². The summed E-state index contributed by atoms with van der Waals surface area (Å²) in [4.78, 5) is 15.8. The molecule has 3 heterocycles. The van der Waals surface area contributed by atoms with Crippen LogP contribution in [0.2, 0.25) is 0 Å². The number of fused-ring (bicyclic) bond motifs is 2. The van der Waals surface area contributed by atoms with E-state index in [2.05, 4.69) is 15.6 Å². The molecule has 5 nitrogen and oxygen atoms in total. The zero-order valence-electron chi connectivity index (χ0n) is 14.3. The fourth-order valence-corrected chi connectivity index (χ4v) is 3.66. The van der Waals surface area contributed by atoms with Crippen molar-refractivity contribution in [1.29, 1.82) is 0 Å². The van der Waals surface area contributed by atoms with Crippen LogP contribution in [-0.4, -0.2) is 29.0 Å². The minimum absolute atomic E-state index is 0.140. The predicted molar refractivity (Wildman–Crippen MR) is 91.6 cm³/mol. The average Bonchev–Trinajstić information content (AvgIpc) is 3.25. The summed E-state index contributed by atoms with van der Waals surface area (Å²) in [5.41, 5.74) is -0.544. The van der Waals surface area contributed by atoms with Crippen LogP contribution in [0.25, 0.3) is 0 Å². The Morgan fingerprint density at radius 2 is 1.93 bits per heavy atom. The second-order valence-electron chi connectivity index (χ2n) is 6.85. The van der Waals surface area contributed by atoms with Crippen molar-refractivity contribution >= 4 is 5.91 Å². The highest BCUT2D eigenvalue weighted by molar-refractivity contribution is 5.94. The van der Waals surface area contributed by atoms with Gasteiger partial charge in [-0.15, -0.1) is 0 Å². The summed E-state index contributed by atoms with van der Waals surface area (Å²) in [7, 11) is 0. The Bertz CT molecular complexity index is 839. The number of hydrogen-bond acceptors (Lipinski definition) is 4. The monoisotopic (exact) mass is 377 g/mol. The molecule has 142 valence electrons. The summed E-state index contributed by atoms with van der Waals surface area (Å²) in [5.74, 6) is -0.0202. The fourth-order valence-electron chi connectivity index (χ4n) is 3.66. The van der Waals surface area contributed by atoms with Crippen LogP contribution in [0.4, 0.5) is 13.2 Å². The van der Waals surface area contributed by atoms with Crippen LogP contribution in [0.5, 0.6) is 11.6 Å². The minimum atomic E-state index is -4.53. The lowest BCUT2D eigenvalue weighted by Gasteiger charge is -2.21. The van der Waals surface area contributed by atoms with Crippen LogP contribution in [0.3, 0.4) is 0 Å². The Hall–Kier alpha value is -2.61. The molecular weight excluding hydrogens is 359 g/mol. The van der Waals surface area contributed by atoms with E-state index in [-0.39, 0.29) is 17.8 Å². The Morgan fingerprint density at radius 1 is 1.15 bits per heavy atom. The number of nitrogens with zero attached hydrogens (tertiary/aromatic N) is 1. The summed E-state index contributed by atoms with van der Waals surface area (Å²) < 4.78 is 43.5. The first-order chi connectivity index (χ1) is 12.9. The second-order valence-corrected chi connectivity index (χ2v) is 6.85. The third-order valence-electron chi connectivity index (χ3n) is 4.97. The molecule has 0 unspecified atom stereocenters. The first-order valence-corrected chi connectivity index (χ1v) is 8.77. The Labute approximate surface area is 153 Å². The molecule has 8 heteroatoms. The Balaban J connectivity index is 1.39. The van der Waals surface area contributed by atoms with Crippen molar-refractivity contribution < 1.29 is 22.7 Å². The lowest BCUT2D eigenvalue weighted by atomic mass is 9.95. The van der Waals surface area contributed by atoms with Crippen molar-refractivity contribution in [2.45, 2.75) is 43.6 Å². The van der Waals surface area contributed by atoms with E-state index in [0.29, 0.717) is 23.4 Å². The van der Waals surface area contributed by atoms with Gasteiger partial charge in [-0.3, -0.25) is 4.79 Å². The summed E-state index contributed by atoms with van der Waals surface area (Å²) in [6.45, 7) is 0. The summed E-state index contributed by atoms with van der Waals surface area (Å²) >= 11 is 0. The fraction of sp³-hybridized carbons (Fsp3) is 0.368. The van der Waals surface area contributed by atoms with E-state index in [9.17, 15) is 18.0 Å². The van der Waals surface area contributed by atoms with Crippen molar-refractivity contribution in [3.63, 3.8) is 0 Å². The number of benzene rings is 1. The molecule has 3 atom stereocenters. The largest absolute Gasteiger partial charge is 0.439 e. The van der Waals surface area contributed by atoms with E-state index < -0.39 is 11.9 Å². The van der Waals surface area contributed by atoms with Gasteiger partial charge in [0.1, 0.15) is 11.4 Å². The molecule has 0 aliphatic carbocycles. The standard InChI is InChI=1S/C19H18F3N3O2/c20-19(21,22)16-2-1-3-17(25-16)27-13-7-4-11(5-8-13)18(26)24-15-10-12-6-9-14(15)23-12/h1-5,7-8,12,14-15,23H,6,9-10H2,(H,24,26)/t12-,14+,15-/m1/s1. The van der Waals surface area contributed by atoms with Crippen LogP contribution in [0, 0.1) is 0 Å². The molecule has 2 aliphatic rings. The minimum Gasteiger partial charge on any atom is -0.439 e. The van der Waals surface area contributed by atoms with Gasteiger partial charge in [0.25, 0.3) is 5.91 Å². The third kappa shape index (κ3) is 3.90. The SMILES string of the molecule is O=C(N[C@@H]1C[C@H]2CC[C@@H]1N2)c1ccc(Oc2cccc(C(F)(F)F)n2)cc1. The van der Waals surface area contributed by atoms with Crippen molar-refractivity contribution in [1.82, 2.24) is 15.6 Å². The van der Waals surface area contributed by atoms with Crippen molar-refractivity contribution in [2.24, 2.45) is 0 Å². The number of carbonyl (C=O) groups excluding carboxylic acids is 1. The maximum Gasteiger partial charge on any atom is 0.433 e. The Morgan fingerprint density at radius 3 is 2.56 bits per heavy atom. The van der Waals surface area contributed by atoms with Gasteiger partial charge < -0.3 is 15.4 Å². The number of pyridine rings is 1. The van der Waals surface area contributed by atoms with E-state index in [1.165, 1.54) is 24.3 Å². The number of carbonyl (C=O) groups is 1. The molecule has 1 aromatic carbocycles. The molecule has 0 spiro atoms. The summed E-state index contributed by atoms with van der Waals surface area (Å²) in [6.07, 6.45) is -1.35. The molecule has 2 fully saturated rings. The molecule has 2 N–H and O–H groups in total. The highest BCUT2D eigenvalue weighted by Crippen LogP contribution is 2.30. The summed E-state index contributed by atoms with van der Waals surface area (Å²) in [5, 5.41) is 6.50. The Kier molecular flexibility index (Phi) is 4.51. The van der Waals surface area contributed by atoms with Gasteiger partial charge in [0.2, 0.25) is 5.88 Å². The number of rotatable bonds is 4. The molecule has 27 heavy (non-hydrogen) atoms. The van der Waals surface area contributed by atoms with Crippen LogP contribution >= 0.6 is 0 Å². The van der Waals surface area contributed by atoms with Gasteiger partial charge >= 0.3 is 6.18 Å². The van der Waals surface area contributed by atoms with E-state index in [4.69, 9.17) is 4.74 Å². The second kappa shape index (κ2) is 6.84. The molecule has 2 saturated heterocycles. The maximum atomic E-state index is 12.7. The predicted octanol–water partition coefficient (Wildman–Crippen LogP) is 3.52. The van der Waals surface area contributed by atoms with E-state index >= 15 is 0 Å². The van der Waals surface area contributed by atoms with E-state index in [0.717, 1.165) is 25.3 Å². The van der Waals surface area contributed by atoms with Crippen molar-refractivity contribution in [2.75, 3.05) is 0 Å². The van der Waals surface area contributed by atoms with Gasteiger partial charge in [-0.25, -0.2) is 4.98 Å². The van der Waals surface area contributed by atoms with Gasteiger partial charge in [0.15, 0.2) is 0 Å². The normalized spacial score (nSPS) is 24.0. The van der Waals surface area contributed by atoms with Crippen LogP contribution < -0.4 is 15.4 Å². The van der Waals surface area contributed by atoms with Crippen LogP contribution in [-0.2, 0) is 6.18 Å². The first-order valence-electron chi connectivity index (χ1n) is 8.77. The van der Waals surface area contributed by atoms with Crippen LogP contribution in [0.15, 0.2) is 42.5 Å². The first kappa shape index (κ1) is 17.8.